The minimum absolute atomic E-state index is 0.180. The molecule has 0 unspecified atom stereocenters. The van der Waals surface area contributed by atoms with Gasteiger partial charge in [-0.05, 0) is 38.5 Å². The number of halogens is 1. The van der Waals surface area contributed by atoms with Gasteiger partial charge in [0.25, 0.3) is 5.91 Å². The van der Waals surface area contributed by atoms with Crippen molar-refractivity contribution in [1.82, 2.24) is 16.2 Å². The van der Waals surface area contributed by atoms with Crippen molar-refractivity contribution < 1.29 is 19.1 Å². The van der Waals surface area contributed by atoms with Crippen molar-refractivity contribution in [3.8, 4) is 5.75 Å². The van der Waals surface area contributed by atoms with E-state index in [0.29, 0.717) is 10.8 Å². The first-order valence-electron chi connectivity index (χ1n) is 6.58. The molecule has 1 rings (SSSR count). The van der Waals surface area contributed by atoms with Crippen LogP contribution in [0.3, 0.4) is 0 Å². The fraction of sp³-hybridized carbons (Fsp3) is 0.357. The van der Waals surface area contributed by atoms with E-state index in [4.69, 9.17) is 16.3 Å². The van der Waals surface area contributed by atoms with Crippen LogP contribution in [0.15, 0.2) is 18.2 Å². The average molecular weight is 328 g/mol. The highest BCUT2D eigenvalue weighted by Gasteiger charge is 2.15. The van der Waals surface area contributed by atoms with Crippen LogP contribution >= 0.6 is 11.6 Å². The second-order valence-electron chi connectivity index (χ2n) is 4.85. The second-order valence-corrected chi connectivity index (χ2v) is 5.26. The number of ether oxygens (including phenoxy) is 1. The molecule has 0 bridgehead atoms. The molecule has 0 fully saturated rings. The molecule has 8 heteroatoms. The van der Waals surface area contributed by atoms with Gasteiger partial charge in [-0.2, -0.15) is 0 Å². The van der Waals surface area contributed by atoms with Gasteiger partial charge >= 0.3 is 11.8 Å². The maximum atomic E-state index is 11.5. The fourth-order valence-electron chi connectivity index (χ4n) is 1.41. The highest BCUT2D eigenvalue weighted by molar-refractivity contribution is 6.35. The van der Waals surface area contributed by atoms with E-state index in [2.05, 4.69) is 10.7 Å². The van der Waals surface area contributed by atoms with E-state index in [1.54, 1.807) is 26.0 Å². The largest absolute Gasteiger partial charge is 0.482 e. The molecule has 0 heterocycles. The zero-order chi connectivity index (χ0) is 16.7. The number of benzene rings is 1. The topological polar surface area (TPSA) is 96.5 Å². The smallest absolute Gasteiger partial charge is 0.327 e. The number of hydrogen-bond acceptors (Lipinski definition) is 4. The second kappa shape index (κ2) is 8.23. The molecule has 0 aliphatic carbocycles. The third-order valence-corrected chi connectivity index (χ3v) is 2.70. The molecule has 0 spiro atoms. The molecule has 22 heavy (non-hydrogen) atoms. The van der Waals surface area contributed by atoms with Crippen molar-refractivity contribution in [2.75, 3.05) is 6.61 Å². The summed E-state index contributed by atoms with van der Waals surface area (Å²) in [6, 6.07) is 4.97. The Bertz CT molecular complexity index is 575. The van der Waals surface area contributed by atoms with Crippen molar-refractivity contribution >= 4 is 29.3 Å². The van der Waals surface area contributed by atoms with Gasteiger partial charge in [0.05, 0.1) is 5.02 Å². The Morgan fingerprint density at radius 1 is 1.18 bits per heavy atom. The third kappa shape index (κ3) is 6.01. The Hall–Kier alpha value is -2.28. The summed E-state index contributed by atoms with van der Waals surface area (Å²) in [5.41, 5.74) is 4.99. The molecule has 3 N–H and O–H groups in total. The van der Waals surface area contributed by atoms with Gasteiger partial charge in [-0.25, -0.2) is 0 Å². The van der Waals surface area contributed by atoms with Crippen molar-refractivity contribution in [2.24, 2.45) is 0 Å². The molecule has 0 aliphatic rings. The standard InChI is InChI=1S/C14H18ClN3O4/c1-8(2)16-13(20)14(21)18-17-12(19)7-22-11-6-9(3)4-5-10(11)15/h4-6,8H,7H2,1-3H3,(H,16,20)(H,17,19)(H,18,21). The van der Waals surface area contributed by atoms with Crippen molar-refractivity contribution in [2.45, 2.75) is 26.8 Å². The van der Waals surface area contributed by atoms with E-state index in [-0.39, 0.29) is 12.6 Å². The number of nitrogens with one attached hydrogen (secondary N) is 3. The van der Waals surface area contributed by atoms with E-state index in [0.717, 1.165) is 5.56 Å². The number of carbonyl (C=O) groups excluding carboxylic acids is 3. The van der Waals surface area contributed by atoms with Gasteiger partial charge in [0.15, 0.2) is 6.61 Å². The molecule has 120 valence electrons. The molecule has 0 aliphatic heterocycles. The average Bonchev–Trinajstić information content (AvgIpc) is 2.44. The normalized spacial score (nSPS) is 10.0. The lowest BCUT2D eigenvalue weighted by Gasteiger charge is -2.11. The maximum Gasteiger partial charge on any atom is 0.327 e. The molecule has 1 aromatic rings. The number of rotatable bonds is 4. The lowest BCUT2D eigenvalue weighted by Crippen LogP contribution is -2.50. The summed E-state index contributed by atoms with van der Waals surface area (Å²) < 4.78 is 5.24. The van der Waals surface area contributed by atoms with Gasteiger partial charge in [0.2, 0.25) is 0 Å². The molecule has 3 amide bonds. The summed E-state index contributed by atoms with van der Waals surface area (Å²) in [5, 5.41) is 2.76. The SMILES string of the molecule is Cc1ccc(Cl)c(OCC(=O)NNC(=O)C(=O)NC(C)C)c1. The van der Waals surface area contributed by atoms with Gasteiger partial charge in [-0.15, -0.1) is 0 Å². The third-order valence-electron chi connectivity index (χ3n) is 2.39. The van der Waals surface area contributed by atoms with Crippen LogP contribution in [0.1, 0.15) is 19.4 Å². The highest BCUT2D eigenvalue weighted by Crippen LogP contribution is 2.24. The molecular formula is C14H18ClN3O4. The monoisotopic (exact) mass is 327 g/mol. The molecule has 0 saturated heterocycles. The zero-order valence-electron chi connectivity index (χ0n) is 12.5. The van der Waals surface area contributed by atoms with E-state index < -0.39 is 17.7 Å². The Labute approximate surface area is 133 Å². The Kier molecular flexibility index (Phi) is 6.65. The summed E-state index contributed by atoms with van der Waals surface area (Å²) in [5.74, 6) is -2.06. The quantitative estimate of drug-likeness (QED) is 0.560. The van der Waals surface area contributed by atoms with Crippen LogP contribution in [0.5, 0.6) is 5.75 Å². The van der Waals surface area contributed by atoms with Gasteiger partial charge in [0.1, 0.15) is 5.75 Å². The predicted molar refractivity (Wildman–Crippen MR) is 81.2 cm³/mol. The van der Waals surface area contributed by atoms with Crippen molar-refractivity contribution in [3.05, 3.63) is 28.8 Å². The van der Waals surface area contributed by atoms with E-state index >= 15 is 0 Å². The number of amides is 3. The Morgan fingerprint density at radius 2 is 1.86 bits per heavy atom. The fourth-order valence-corrected chi connectivity index (χ4v) is 1.58. The number of hydrogen-bond donors (Lipinski definition) is 3. The number of carbonyl (C=O) groups is 3. The first-order valence-corrected chi connectivity index (χ1v) is 6.96. The van der Waals surface area contributed by atoms with Crippen LogP contribution in [-0.4, -0.2) is 30.4 Å². The van der Waals surface area contributed by atoms with Gasteiger partial charge in [-0.1, -0.05) is 17.7 Å². The predicted octanol–water partition coefficient (Wildman–Crippen LogP) is 0.699. The first kappa shape index (κ1) is 17.8. The summed E-state index contributed by atoms with van der Waals surface area (Å²) in [7, 11) is 0. The molecule has 0 atom stereocenters. The Balaban J connectivity index is 2.39. The maximum absolute atomic E-state index is 11.5. The van der Waals surface area contributed by atoms with Gasteiger partial charge in [0, 0.05) is 6.04 Å². The number of aryl methyl sites for hydroxylation is 1. The zero-order valence-corrected chi connectivity index (χ0v) is 13.3. The highest BCUT2D eigenvalue weighted by atomic mass is 35.5. The van der Waals surface area contributed by atoms with E-state index in [1.165, 1.54) is 0 Å². The lowest BCUT2D eigenvalue weighted by molar-refractivity contribution is -0.141. The van der Waals surface area contributed by atoms with Crippen molar-refractivity contribution in [1.29, 1.82) is 0 Å². The Morgan fingerprint density at radius 3 is 2.50 bits per heavy atom. The van der Waals surface area contributed by atoms with Crippen LogP contribution in [-0.2, 0) is 14.4 Å². The van der Waals surface area contributed by atoms with Crippen LogP contribution in [0, 0.1) is 6.92 Å². The lowest BCUT2D eigenvalue weighted by atomic mass is 10.2. The molecule has 1 aromatic carbocycles. The van der Waals surface area contributed by atoms with E-state index in [9.17, 15) is 14.4 Å². The van der Waals surface area contributed by atoms with Crippen LogP contribution in [0.4, 0.5) is 0 Å². The van der Waals surface area contributed by atoms with Crippen LogP contribution in [0.25, 0.3) is 0 Å². The van der Waals surface area contributed by atoms with Crippen LogP contribution in [0.2, 0.25) is 5.02 Å². The summed E-state index contributed by atoms with van der Waals surface area (Å²) >= 11 is 5.92. The molecular weight excluding hydrogens is 310 g/mol. The van der Waals surface area contributed by atoms with Gasteiger partial charge < -0.3 is 10.1 Å². The summed E-state index contributed by atoms with van der Waals surface area (Å²) in [6.07, 6.45) is 0. The minimum atomic E-state index is -0.962. The first-order chi connectivity index (χ1) is 10.3. The van der Waals surface area contributed by atoms with E-state index in [1.807, 2.05) is 18.4 Å². The summed E-state index contributed by atoms with van der Waals surface area (Å²) in [6.45, 7) is 4.93. The van der Waals surface area contributed by atoms with Gasteiger partial charge in [-0.3, -0.25) is 25.2 Å². The molecule has 0 saturated carbocycles. The molecule has 7 nitrogen and oxygen atoms in total. The summed E-state index contributed by atoms with van der Waals surface area (Å²) in [4.78, 5) is 34.2. The number of hydrazine groups is 1. The van der Waals surface area contributed by atoms with Crippen molar-refractivity contribution in [3.63, 3.8) is 0 Å². The molecule has 0 aromatic heterocycles. The molecule has 0 radical (unpaired) electrons. The van der Waals surface area contributed by atoms with Crippen LogP contribution < -0.4 is 20.9 Å². The minimum Gasteiger partial charge on any atom is -0.482 e.